The van der Waals surface area contributed by atoms with E-state index in [-0.39, 0.29) is 41.7 Å². The third-order valence-corrected chi connectivity index (χ3v) is 8.01. The molecule has 6 atom stereocenters. The van der Waals surface area contributed by atoms with Gasteiger partial charge in [0.1, 0.15) is 36.5 Å². The molecule has 0 radical (unpaired) electrons. The van der Waals surface area contributed by atoms with E-state index in [1.165, 1.54) is 17.1 Å². The summed E-state index contributed by atoms with van der Waals surface area (Å²) >= 11 is 0. The second kappa shape index (κ2) is 10.0. The highest BCUT2D eigenvalue weighted by atomic mass is 31.2. The van der Waals surface area contributed by atoms with Crippen molar-refractivity contribution in [1.82, 2.24) is 39.0 Å². The van der Waals surface area contributed by atoms with Crippen LogP contribution in [-0.2, 0) is 45.1 Å². The molecule has 4 aromatic heterocycles. The third kappa shape index (κ3) is 5.05. The molecular formula is C18H20FN9O10P2. The minimum absolute atomic E-state index is 0.0638. The minimum Gasteiger partial charge on any atom is -0.369 e. The van der Waals surface area contributed by atoms with Gasteiger partial charge >= 0.3 is 15.6 Å². The Kier molecular flexibility index (Phi) is 6.76. The molecular weight excluding hydrogens is 583 g/mol. The van der Waals surface area contributed by atoms with Crippen LogP contribution in [0.3, 0.4) is 0 Å². The molecule has 5 N–H and O–H groups in total. The number of rotatable bonds is 1. The van der Waals surface area contributed by atoms with Gasteiger partial charge in [-0.05, 0) is 0 Å². The van der Waals surface area contributed by atoms with Crippen LogP contribution in [0.5, 0.6) is 0 Å². The monoisotopic (exact) mass is 603 g/mol. The Morgan fingerprint density at radius 3 is 2.77 bits per heavy atom. The number of halogens is 1. The fourth-order valence-electron chi connectivity index (χ4n) is 4.34. The number of anilines is 1. The van der Waals surface area contributed by atoms with E-state index in [0.717, 1.165) is 10.9 Å². The molecule has 0 saturated carbocycles. The van der Waals surface area contributed by atoms with Gasteiger partial charge in [0.25, 0.3) is 5.56 Å². The zero-order chi connectivity index (χ0) is 28.2. The summed E-state index contributed by atoms with van der Waals surface area (Å²) in [5.74, 6) is -0.225. The molecule has 214 valence electrons. The Morgan fingerprint density at radius 1 is 1.12 bits per heavy atom. The molecule has 19 nitrogen and oxygen atoms in total. The van der Waals surface area contributed by atoms with Crippen molar-refractivity contribution in [3.8, 4) is 0 Å². The average molecular weight is 603 g/mol. The normalized spacial score (nSPS) is 32.1. The van der Waals surface area contributed by atoms with Crippen LogP contribution in [0.2, 0.25) is 0 Å². The van der Waals surface area contributed by atoms with Gasteiger partial charge in [-0.25, -0.2) is 33.5 Å². The summed E-state index contributed by atoms with van der Waals surface area (Å²) in [4.78, 5) is 55.3. The Bertz CT molecular complexity index is 1750. The highest BCUT2D eigenvalue weighted by Gasteiger charge is 2.51. The van der Waals surface area contributed by atoms with Gasteiger partial charge in [0.2, 0.25) is 5.95 Å². The van der Waals surface area contributed by atoms with Gasteiger partial charge in [0.15, 0.2) is 29.2 Å². The number of aromatic nitrogens is 8. The molecule has 2 unspecified atom stereocenters. The van der Waals surface area contributed by atoms with Gasteiger partial charge in [0.05, 0.1) is 25.7 Å². The number of H-pyrrole nitrogens is 1. The third-order valence-electron chi connectivity index (χ3n) is 6.06. The Labute approximate surface area is 221 Å². The highest BCUT2D eigenvalue weighted by molar-refractivity contribution is 7.47. The molecule has 0 spiro atoms. The van der Waals surface area contributed by atoms with Crippen molar-refractivity contribution in [2.45, 2.75) is 37.8 Å². The molecule has 0 aliphatic carbocycles. The van der Waals surface area contributed by atoms with Crippen LogP contribution in [0.1, 0.15) is 12.1 Å². The van der Waals surface area contributed by atoms with Gasteiger partial charge in [-0.3, -0.25) is 32.4 Å². The van der Waals surface area contributed by atoms with Crippen LogP contribution in [-0.4, -0.2) is 80.4 Å². The molecule has 6 heterocycles. The van der Waals surface area contributed by atoms with Gasteiger partial charge < -0.3 is 24.8 Å². The number of hydrogen-bond donors (Lipinski definition) is 4. The van der Waals surface area contributed by atoms with E-state index >= 15 is 4.39 Å². The molecule has 1 saturated heterocycles. The van der Waals surface area contributed by atoms with Crippen LogP contribution in [0.15, 0.2) is 23.6 Å². The van der Waals surface area contributed by atoms with E-state index in [2.05, 4.69) is 29.9 Å². The number of imidazole rings is 2. The number of alkyl halides is 1. The molecule has 40 heavy (non-hydrogen) atoms. The number of nitrogens with two attached hydrogens (primary N) is 1. The predicted molar refractivity (Wildman–Crippen MR) is 128 cm³/mol. The van der Waals surface area contributed by atoms with Crippen LogP contribution < -0.4 is 11.3 Å². The lowest BCUT2D eigenvalue weighted by atomic mass is 10.1. The molecule has 22 heteroatoms. The summed E-state index contributed by atoms with van der Waals surface area (Å²) in [6.45, 7) is -1.91. The number of aromatic amines is 1. The molecule has 2 aliphatic rings. The van der Waals surface area contributed by atoms with Crippen LogP contribution in [0, 0.1) is 0 Å². The maximum Gasteiger partial charge on any atom is 0.473 e. The van der Waals surface area contributed by atoms with Crippen LogP contribution >= 0.6 is 15.6 Å². The first-order chi connectivity index (χ1) is 19.0. The lowest BCUT2D eigenvalue weighted by molar-refractivity contribution is -0.0507. The van der Waals surface area contributed by atoms with Gasteiger partial charge in [0, 0.05) is 6.54 Å². The summed E-state index contributed by atoms with van der Waals surface area (Å²) in [7, 11) is -9.76. The smallest absolute Gasteiger partial charge is 0.369 e. The lowest BCUT2D eigenvalue weighted by Crippen LogP contribution is -2.32. The van der Waals surface area contributed by atoms with E-state index in [1.54, 1.807) is 0 Å². The number of fused-ring (bicyclic) bond motifs is 6. The molecule has 2 aliphatic heterocycles. The van der Waals surface area contributed by atoms with Gasteiger partial charge in [-0.15, -0.1) is 0 Å². The Balaban J connectivity index is 1.38. The maximum atomic E-state index is 15.6. The quantitative estimate of drug-likeness (QED) is 0.208. The van der Waals surface area contributed by atoms with Crippen molar-refractivity contribution >= 4 is 43.9 Å². The first-order valence-electron chi connectivity index (χ1n) is 11.5. The zero-order valence-corrected chi connectivity index (χ0v) is 21.8. The summed E-state index contributed by atoms with van der Waals surface area (Å²) in [6, 6.07) is 0. The van der Waals surface area contributed by atoms with Crippen molar-refractivity contribution in [2.75, 3.05) is 18.9 Å². The number of phosphoric ester groups is 2. The summed E-state index contributed by atoms with van der Waals surface area (Å²) in [5.41, 5.74) is 5.17. The molecule has 4 aromatic rings. The summed E-state index contributed by atoms with van der Waals surface area (Å²) < 4.78 is 69.6. The number of nitrogen functional groups attached to an aromatic ring is 1. The number of phosphoric acid groups is 2. The van der Waals surface area contributed by atoms with Crippen molar-refractivity contribution in [3.05, 3.63) is 35.0 Å². The zero-order valence-electron chi connectivity index (χ0n) is 20.0. The standard InChI is InChI=1S/C18H20FN9O10P2/c19-11-9-4-35-39(30,31)34-2-1-27-10(24-8-3-21-6-22-14(8)27)5-36-40(32,33)38-13(11)17(37-9)28-7-23-12-15(28)25-18(20)26-16(12)29/h3,6-7,9,11,13,17H,1-2,4-5H2,(H,30,31)(H,32,33)(H3,20,25,26,29)/t9-,11-,13-,17-/m1/s1. The fraction of sp³-hybridized carbons (Fsp3) is 0.444. The first kappa shape index (κ1) is 27.0. The summed E-state index contributed by atoms with van der Waals surface area (Å²) in [5, 5.41) is 0. The van der Waals surface area contributed by atoms with E-state index < -0.39 is 59.0 Å². The summed E-state index contributed by atoms with van der Waals surface area (Å²) in [6.07, 6.45) is -3.58. The number of hydrogen-bond acceptors (Lipinski definition) is 14. The number of nitrogens with zero attached hydrogens (tertiary/aromatic N) is 7. The molecule has 6 rings (SSSR count). The topological polar surface area (TPSA) is 254 Å². The number of ether oxygens (including phenoxy) is 1. The van der Waals surface area contributed by atoms with E-state index in [1.807, 2.05) is 0 Å². The van der Waals surface area contributed by atoms with Gasteiger partial charge in [-0.2, -0.15) is 4.98 Å². The largest absolute Gasteiger partial charge is 0.473 e. The molecule has 2 bridgehead atoms. The fourth-order valence-corrected chi connectivity index (χ4v) is 5.93. The molecule has 1 fully saturated rings. The van der Waals surface area contributed by atoms with E-state index in [4.69, 9.17) is 28.6 Å². The Hall–Kier alpha value is -3.19. The minimum atomic E-state index is -5.03. The van der Waals surface area contributed by atoms with Gasteiger partial charge in [-0.1, -0.05) is 0 Å². The van der Waals surface area contributed by atoms with Crippen molar-refractivity contribution in [3.63, 3.8) is 0 Å². The van der Waals surface area contributed by atoms with Crippen LogP contribution in [0.25, 0.3) is 22.3 Å². The highest BCUT2D eigenvalue weighted by Crippen LogP contribution is 2.51. The average Bonchev–Trinajstić information content (AvgIpc) is 3.55. The second-order valence-electron chi connectivity index (χ2n) is 8.61. The SMILES string of the molecule is Nc1nc2c(ncn2[C@@H]2O[C@@H]3COP(=O)(O)OCCn4c(nc5cncnc54)COP(=O)(O)O[C@@H]2[C@@H]3F)c(=O)[nH]1. The Morgan fingerprint density at radius 2 is 1.95 bits per heavy atom. The maximum absolute atomic E-state index is 15.6. The molecule has 0 amide bonds. The molecule has 0 aromatic carbocycles. The second-order valence-corrected chi connectivity index (χ2v) is 11.5. The van der Waals surface area contributed by atoms with Crippen molar-refractivity contribution < 1.29 is 46.1 Å². The number of nitrogens with one attached hydrogen (secondary N) is 1. The van der Waals surface area contributed by atoms with Crippen molar-refractivity contribution in [1.29, 1.82) is 0 Å². The van der Waals surface area contributed by atoms with E-state index in [9.17, 15) is 23.7 Å². The van der Waals surface area contributed by atoms with E-state index in [0.29, 0.717) is 5.52 Å². The van der Waals surface area contributed by atoms with Crippen LogP contribution in [0.4, 0.5) is 10.3 Å². The lowest BCUT2D eigenvalue weighted by Gasteiger charge is -2.23. The van der Waals surface area contributed by atoms with Crippen molar-refractivity contribution in [2.24, 2.45) is 0 Å². The first-order valence-corrected chi connectivity index (χ1v) is 14.4. The predicted octanol–water partition coefficient (Wildman–Crippen LogP) is -0.0734.